The van der Waals surface area contributed by atoms with Gasteiger partial charge in [0.2, 0.25) is 0 Å². The van der Waals surface area contributed by atoms with Crippen molar-refractivity contribution in [1.29, 1.82) is 0 Å². The second-order valence-corrected chi connectivity index (χ2v) is 6.17. The molecule has 0 fully saturated rings. The molecule has 0 aliphatic heterocycles. The first-order valence-electron chi connectivity index (χ1n) is 8.98. The molecule has 0 N–H and O–H groups in total. The zero-order chi connectivity index (χ0) is 18.7. The predicted molar refractivity (Wildman–Crippen MR) is 108 cm³/mol. The van der Waals surface area contributed by atoms with Gasteiger partial charge in [-0.25, -0.2) is 0 Å². The summed E-state index contributed by atoms with van der Waals surface area (Å²) in [6.07, 6.45) is 8.52. The Kier molecular flexibility index (Phi) is 9.64. The van der Waals surface area contributed by atoms with E-state index in [1.165, 1.54) is 5.57 Å². The summed E-state index contributed by atoms with van der Waals surface area (Å²) in [6, 6.07) is 10.4. The summed E-state index contributed by atoms with van der Waals surface area (Å²) in [5.74, 6) is 0.916. The van der Waals surface area contributed by atoms with Gasteiger partial charge in [0.05, 0.1) is 12.7 Å². The van der Waals surface area contributed by atoms with Gasteiger partial charge in [-0.15, -0.1) is 0 Å². The summed E-state index contributed by atoms with van der Waals surface area (Å²) in [5, 5.41) is 0. The van der Waals surface area contributed by atoms with Gasteiger partial charge in [-0.2, -0.15) is 0 Å². The lowest BCUT2D eigenvalue weighted by molar-refractivity contribution is 0.0409. The fourth-order valence-corrected chi connectivity index (χ4v) is 2.41. The van der Waals surface area contributed by atoms with Crippen molar-refractivity contribution in [1.82, 2.24) is 0 Å². The Morgan fingerprint density at radius 2 is 1.72 bits per heavy atom. The largest absolute Gasteiger partial charge is 0.490 e. The third-order valence-electron chi connectivity index (χ3n) is 3.87. The smallest absolute Gasteiger partial charge is 0.130 e. The highest BCUT2D eigenvalue weighted by Crippen LogP contribution is 2.29. The second kappa shape index (κ2) is 11.5. The molecule has 0 aliphatic rings. The Morgan fingerprint density at radius 3 is 2.28 bits per heavy atom. The minimum Gasteiger partial charge on any atom is -0.490 e. The maximum atomic E-state index is 6.18. The third-order valence-corrected chi connectivity index (χ3v) is 3.87. The Bertz CT molecular complexity index is 631. The van der Waals surface area contributed by atoms with Crippen molar-refractivity contribution < 1.29 is 9.47 Å². The molecule has 0 spiro atoms. The molecule has 0 atom stereocenters. The van der Waals surface area contributed by atoms with Gasteiger partial charge >= 0.3 is 0 Å². The summed E-state index contributed by atoms with van der Waals surface area (Å²) in [7, 11) is 0. The molecular formula is C23H32O2. The molecule has 0 saturated heterocycles. The van der Waals surface area contributed by atoms with Gasteiger partial charge in [-0.05, 0) is 58.3 Å². The summed E-state index contributed by atoms with van der Waals surface area (Å²) in [6.45, 7) is 13.5. The molecule has 136 valence electrons. The molecule has 0 saturated carbocycles. The molecular weight excluding hydrogens is 308 g/mol. The Balaban J connectivity index is 3.17. The molecule has 0 radical (unpaired) electrons. The van der Waals surface area contributed by atoms with Crippen molar-refractivity contribution in [2.75, 3.05) is 13.2 Å². The average Bonchev–Trinajstić information content (AvgIpc) is 2.62. The number of allylic oxidation sites excluding steroid dienone is 7. The highest BCUT2D eigenvalue weighted by molar-refractivity contribution is 5.78. The van der Waals surface area contributed by atoms with Crippen LogP contribution in [0.4, 0.5) is 0 Å². The van der Waals surface area contributed by atoms with Crippen molar-refractivity contribution in [2.45, 2.75) is 47.6 Å². The Hall–Kier alpha value is -2.06. The lowest BCUT2D eigenvalue weighted by atomic mass is 9.97. The molecule has 0 unspecified atom stereocenters. The highest BCUT2D eigenvalue weighted by atomic mass is 16.5. The van der Waals surface area contributed by atoms with E-state index in [1.54, 1.807) is 0 Å². The minimum absolute atomic E-state index is 0.212. The van der Waals surface area contributed by atoms with E-state index in [1.807, 2.05) is 32.9 Å². The van der Waals surface area contributed by atoms with E-state index in [-0.39, 0.29) is 6.10 Å². The Labute approximate surface area is 153 Å². The van der Waals surface area contributed by atoms with E-state index >= 15 is 0 Å². The molecule has 2 nitrogen and oxygen atoms in total. The second-order valence-electron chi connectivity index (χ2n) is 6.17. The van der Waals surface area contributed by atoms with E-state index < -0.39 is 0 Å². The van der Waals surface area contributed by atoms with Crippen LogP contribution in [0.2, 0.25) is 0 Å². The van der Waals surface area contributed by atoms with Crippen molar-refractivity contribution in [3.8, 4) is 0 Å². The average molecular weight is 341 g/mol. The fourth-order valence-electron chi connectivity index (χ4n) is 2.41. The maximum absolute atomic E-state index is 6.18. The van der Waals surface area contributed by atoms with Gasteiger partial charge in [0.25, 0.3) is 0 Å². The SMILES string of the molecule is C\C=C/C=C(C)/C(C)=C(OCCOC(C)C)/C(=C\C)c1ccccc1. The zero-order valence-corrected chi connectivity index (χ0v) is 16.5. The van der Waals surface area contributed by atoms with Crippen LogP contribution in [0.3, 0.4) is 0 Å². The first-order valence-corrected chi connectivity index (χ1v) is 8.98. The number of benzene rings is 1. The number of hydrogen-bond acceptors (Lipinski definition) is 2. The summed E-state index contributed by atoms with van der Waals surface area (Å²) in [5.41, 5.74) is 4.59. The molecule has 1 aromatic carbocycles. The third kappa shape index (κ3) is 7.15. The molecule has 0 bridgehead atoms. The summed E-state index contributed by atoms with van der Waals surface area (Å²) in [4.78, 5) is 0. The van der Waals surface area contributed by atoms with E-state index in [9.17, 15) is 0 Å². The van der Waals surface area contributed by atoms with Crippen molar-refractivity contribution in [3.63, 3.8) is 0 Å². The lowest BCUT2D eigenvalue weighted by Crippen LogP contribution is -2.11. The molecule has 1 aromatic rings. The van der Waals surface area contributed by atoms with Gasteiger partial charge in [-0.3, -0.25) is 0 Å². The van der Waals surface area contributed by atoms with Crippen LogP contribution >= 0.6 is 0 Å². The van der Waals surface area contributed by atoms with Crippen molar-refractivity contribution in [2.24, 2.45) is 0 Å². The van der Waals surface area contributed by atoms with E-state index in [0.29, 0.717) is 13.2 Å². The van der Waals surface area contributed by atoms with Crippen LogP contribution in [0, 0.1) is 0 Å². The Morgan fingerprint density at radius 1 is 1.04 bits per heavy atom. The number of ether oxygens (including phenoxy) is 2. The van der Waals surface area contributed by atoms with Crippen LogP contribution in [-0.2, 0) is 9.47 Å². The monoisotopic (exact) mass is 340 g/mol. The highest BCUT2D eigenvalue weighted by Gasteiger charge is 2.13. The van der Waals surface area contributed by atoms with Gasteiger partial charge in [-0.1, -0.05) is 54.6 Å². The summed E-state index contributed by atoms with van der Waals surface area (Å²) >= 11 is 0. The van der Waals surface area contributed by atoms with E-state index in [4.69, 9.17) is 9.47 Å². The van der Waals surface area contributed by atoms with Crippen LogP contribution in [-0.4, -0.2) is 19.3 Å². The molecule has 1 rings (SSSR count). The van der Waals surface area contributed by atoms with Gasteiger partial charge in [0, 0.05) is 5.57 Å². The van der Waals surface area contributed by atoms with Crippen LogP contribution in [0.15, 0.2) is 71.5 Å². The fraction of sp³-hybridized carbons (Fsp3) is 0.391. The van der Waals surface area contributed by atoms with Crippen LogP contribution < -0.4 is 0 Å². The molecule has 0 aliphatic carbocycles. The molecule has 25 heavy (non-hydrogen) atoms. The van der Waals surface area contributed by atoms with Gasteiger partial charge in [0.15, 0.2) is 0 Å². The van der Waals surface area contributed by atoms with E-state index in [2.05, 4.69) is 63.3 Å². The molecule has 0 heterocycles. The molecule has 0 amide bonds. The zero-order valence-electron chi connectivity index (χ0n) is 16.5. The first-order chi connectivity index (χ1) is 12.0. The first kappa shape index (κ1) is 21.0. The van der Waals surface area contributed by atoms with Crippen LogP contribution in [0.25, 0.3) is 5.57 Å². The minimum atomic E-state index is 0.212. The number of rotatable bonds is 9. The summed E-state index contributed by atoms with van der Waals surface area (Å²) < 4.78 is 11.8. The van der Waals surface area contributed by atoms with Gasteiger partial charge in [0.1, 0.15) is 12.4 Å². The van der Waals surface area contributed by atoms with Gasteiger partial charge < -0.3 is 9.47 Å². The number of hydrogen-bond donors (Lipinski definition) is 0. The quantitative estimate of drug-likeness (QED) is 0.297. The van der Waals surface area contributed by atoms with Crippen molar-refractivity contribution >= 4 is 5.57 Å². The lowest BCUT2D eigenvalue weighted by Gasteiger charge is -2.19. The topological polar surface area (TPSA) is 18.5 Å². The van der Waals surface area contributed by atoms with Crippen molar-refractivity contribution in [3.05, 3.63) is 77.1 Å². The van der Waals surface area contributed by atoms with Crippen LogP contribution in [0.5, 0.6) is 0 Å². The predicted octanol–water partition coefficient (Wildman–Crippen LogP) is 6.33. The van der Waals surface area contributed by atoms with Crippen LogP contribution in [0.1, 0.15) is 47.1 Å². The maximum Gasteiger partial charge on any atom is 0.130 e. The standard InChI is InChI=1S/C23H32O2/c1-7-9-13-19(5)20(6)23(25-17-16-24-18(3)4)22(8-2)21-14-11-10-12-15-21/h7-15,18H,16-17H2,1-6H3/b9-7-,19-13+,22-8-,23-20-. The molecule has 2 heteroatoms. The normalized spacial score (nSPS) is 14.2. The molecule has 0 aromatic heterocycles. The van der Waals surface area contributed by atoms with E-state index in [0.717, 1.165) is 22.5 Å².